The van der Waals surface area contributed by atoms with Crippen LogP contribution in [-0.2, 0) is 9.53 Å². The molecule has 0 aliphatic carbocycles. The van der Waals surface area contributed by atoms with E-state index in [1.807, 2.05) is 6.92 Å². The molecule has 16 heavy (non-hydrogen) atoms. The van der Waals surface area contributed by atoms with Gasteiger partial charge in [-0.05, 0) is 20.4 Å². The van der Waals surface area contributed by atoms with Crippen molar-refractivity contribution in [3.63, 3.8) is 0 Å². The first-order valence-electron chi connectivity index (χ1n) is 5.26. The van der Waals surface area contributed by atoms with Crippen molar-refractivity contribution in [1.29, 1.82) is 0 Å². The molecule has 96 valence electrons. The highest BCUT2D eigenvalue weighted by molar-refractivity contribution is 5.84. The number of likely N-dealkylation sites (N-methyl/N-ethyl adjacent to an activating group) is 1. The van der Waals surface area contributed by atoms with Crippen molar-refractivity contribution in [2.24, 2.45) is 5.73 Å². The Morgan fingerprint density at radius 2 is 2.12 bits per heavy atom. The van der Waals surface area contributed by atoms with Crippen LogP contribution in [0.5, 0.6) is 0 Å². The zero-order valence-electron chi connectivity index (χ0n) is 9.93. The maximum absolute atomic E-state index is 11.9. The first kappa shape index (κ1) is 15.2. The minimum absolute atomic E-state index is 0.267. The van der Waals surface area contributed by atoms with Crippen LogP contribution in [0.15, 0.2) is 0 Å². The van der Waals surface area contributed by atoms with Crippen molar-refractivity contribution >= 4 is 5.91 Å². The van der Waals surface area contributed by atoms with Crippen LogP contribution >= 0.6 is 0 Å². The maximum atomic E-state index is 11.9. The Bertz CT molecular complexity index is 227. The summed E-state index contributed by atoms with van der Waals surface area (Å²) in [5, 5.41) is 2.93. The zero-order chi connectivity index (χ0) is 12.8. The van der Waals surface area contributed by atoms with Crippen LogP contribution in [0, 0.1) is 0 Å². The number of carbonyl (C=O) groups is 1. The van der Waals surface area contributed by atoms with Gasteiger partial charge in [-0.1, -0.05) is 6.92 Å². The summed E-state index contributed by atoms with van der Waals surface area (Å²) >= 11 is 0. The lowest BCUT2D eigenvalue weighted by Crippen LogP contribution is -2.54. The Hall–Kier alpha value is -0.750. The molecule has 2 unspecified atom stereocenters. The van der Waals surface area contributed by atoms with Crippen LogP contribution in [-0.4, -0.2) is 37.1 Å². The van der Waals surface area contributed by atoms with Gasteiger partial charge < -0.3 is 15.8 Å². The largest absolute Gasteiger partial charge is 0.372 e. The Kier molecular flexibility index (Phi) is 6.43. The molecule has 0 saturated carbocycles. The highest BCUT2D eigenvalue weighted by atomic mass is 19.3. The molecule has 0 aliphatic heterocycles. The van der Waals surface area contributed by atoms with Gasteiger partial charge in [0.2, 0.25) is 5.91 Å². The number of nitrogens with two attached hydrogens (primary N) is 1. The Labute approximate surface area is 94.5 Å². The standard InChI is InChI=1S/C10H20F2N2O2/c1-4-14-10(3,9(13)15)5-7(2)16-6-8(11)12/h7-8,14H,4-6H2,1-3H3,(H2,13,15). The highest BCUT2D eigenvalue weighted by Crippen LogP contribution is 2.14. The zero-order valence-corrected chi connectivity index (χ0v) is 9.93. The molecular formula is C10H20F2N2O2. The summed E-state index contributed by atoms with van der Waals surface area (Å²) in [6, 6.07) is 0. The predicted octanol–water partition coefficient (Wildman–Crippen LogP) is 0.900. The van der Waals surface area contributed by atoms with Crippen molar-refractivity contribution < 1.29 is 18.3 Å². The number of carbonyl (C=O) groups excluding carboxylic acids is 1. The molecular weight excluding hydrogens is 218 g/mol. The second kappa shape index (κ2) is 6.75. The number of nitrogens with one attached hydrogen (secondary N) is 1. The fourth-order valence-corrected chi connectivity index (χ4v) is 1.52. The van der Waals surface area contributed by atoms with Crippen LogP contribution in [0.4, 0.5) is 8.78 Å². The molecule has 0 aliphatic rings. The summed E-state index contributed by atoms with van der Waals surface area (Å²) in [5.74, 6) is -0.512. The van der Waals surface area contributed by atoms with Crippen LogP contribution in [0.2, 0.25) is 0 Å². The molecule has 0 spiro atoms. The fourth-order valence-electron chi connectivity index (χ4n) is 1.52. The number of rotatable bonds is 8. The van der Waals surface area contributed by atoms with E-state index in [1.165, 1.54) is 0 Å². The minimum Gasteiger partial charge on any atom is -0.372 e. The molecule has 6 heteroatoms. The summed E-state index contributed by atoms with van der Waals surface area (Å²) in [4.78, 5) is 11.2. The van der Waals surface area contributed by atoms with E-state index in [2.05, 4.69) is 5.32 Å². The lowest BCUT2D eigenvalue weighted by Gasteiger charge is -2.29. The van der Waals surface area contributed by atoms with Crippen LogP contribution in [0.25, 0.3) is 0 Å². The Morgan fingerprint density at radius 1 is 1.56 bits per heavy atom. The lowest BCUT2D eigenvalue weighted by molar-refractivity contribution is -0.125. The monoisotopic (exact) mass is 238 g/mol. The maximum Gasteiger partial charge on any atom is 0.261 e. The van der Waals surface area contributed by atoms with Crippen molar-refractivity contribution in [1.82, 2.24) is 5.32 Å². The lowest BCUT2D eigenvalue weighted by atomic mass is 9.94. The average molecular weight is 238 g/mol. The van der Waals surface area contributed by atoms with Gasteiger partial charge in [-0.15, -0.1) is 0 Å². The number of halogens is 2. The van der Waals surface area contributed by atoms with E-state index in [9.17, 15) is 13.6 Å². The Morgan fingerprint density at radius 3 is 2.50 bits per heavy atom. The van der Waals surface area contributed by atoms with Crippen molar-refractivity contribution in [2.45, 2.75) is 45.3 Å². The quantitative estimate of drug-likeness (QED) is 0.660. The molecule has 0 aromatic rings. The molecule has 2 atom stereocenters. The molecule has 0 aromatic heterocycles. The second-order valence-electron chi connectivity index (χ2n) is 3.97. The first-order chi connectivity index (χ1) is 7.31. The Balaban J connectivity index is 4.23. The predicted molar refractivity (Wildman–Crippen MR) is 57.3 cm³/mol. The number of hydrogen-bond acceptors (Lipinski definition) is 3. The third-order valence-electron chi connectivity index (χ3n) is 2.31. The fraction of sp³-hybridized carbons (Fsp3) is 0.900. The molecule has 3 N–H and O–H groups in total. The summed E-state index contributed by atoms with van der Waals surface area (Å²) in [7, 11) is 0. The van der Waals surface area contributed by atoms with Gasteiger partial charge in [0.05, 0.1) is 11.6 Å². The topological polar surface area (TPSA) is 64.3 Å². The van der Waals surface area contributed by atoms with E-state index in [1.54, 1.807) is 13.8 Å². The SMILES string of the molecule is CCNC(C)(CC(C)OCC(F)F)C(N)=O. The van der Waals surface area contributed by atoms with Crippen molar-refractivity contribution in [3.8, 4) is 0 Å². The van der Waals surface area contributed by atoms with E-state index in [-0.39, 0.29) is 6.42 Å². The van der Waals surface area contributed by atoms with Crippen molar-refractivity contribution in [3.05, 3.63) is 0 Å². The van der Waals surface area contributed by atoms with E-state index >= 15 is 0 Å². The van der Waals surface area contributed by atoms with Crippen LogP contribution < -0.4 is 11.1 Å². The van der Waals surface area contributed by atoms with E-state index in [4.69, 9.17) is 10.5 Å². The number of hydrogen-bond donors (Lipinski definition) is 2. The third-order valence-corrected chi connectivity index (χ3v) is 2.31. The van der Waals surface area contributed by atoms with Gasteiger partial charge in [-0.25, -0.2) is 8.78 Å². The molecule has 4 nitrogen and oxygen atoms in total. The third kappa shape index (κ3) is 5.37. The average Bonchev–Trinajstić information content (AvgIpc) is 2.14. The second-order valence-corrected chi connectivity index (χ2v) is 3.97. The minimum atomic E-state index is -2.50. The first-order valence-corrected chi connectivity index (χ1v) is 5.26. The van der Waals surface area contributed by atoms with E-state index in [0.29, 0.717) is 6.54 Å². The van der Waals surface area contributed by atoms with Gasteiger partial charge in [-0.2, -0.15) is 0 Å². The normalized spacial score (nSPS) is 17.1. The summed E-state index contributed by atoms with van der Waals surface area (Å²) < 4.78 is 28.7. The highest BCUT2D eigenvalue weighted by Gasteiger charge is 2.32. The van der Waals surface area contributed by atoms with Gasteiger partial charge in [0.15, 0.2) is 0 Å². The van der Waals surface area contributed by atoms with Gasteiger partial charge in [-0.3, -0.25) is 4.79 Å². The molecule has 0 bridgehead atoms. The van der Waals surface area contributed by atoms with Gasteiger partial charge in [0.1, 0.15) is 6.61 Å². The number of amides is 1. The van der Waals surface area contributed by atoms with Crippen LogP contribution in [0.3, 0.4) is 0 Å². The van der Waals surface area contributed by atoms with Gasteiger partial charge in [0.25, 0.3) is 6.43 Å². The van der Waals surface area contributed by atoms with Gasteiger partial charge >= 0.3 is 0 Å². The van der Waals surface area contributed by atoms with Gasteiger partial charge in [0, 0.05) is 6.42 Å². The molecule has 1 amide bonds. The summed E-state index contributed by atoms with van der Waals surface area (Å²) in [6.07, 6.45) is -2.69. The smallest absolute Gasteiger partial charge is 0.261 e. The number of ether oxygens (including phenoxy) is 1. The van der Waals surface area contributed by atoms with Crippen LogP contribution in [0.1, 0.15) is 27.2 Å². The summed E-state index contributed by atoms with van der Waals surface area (Å²) in [6.45, 7) is 5.07. The number of alkyl halides is 2. The molecule has 0 radical (unpaired) electrons. The number of primary amides is 1. The summed E-state index contributed by atoms with van der Waals surface area (Å²) in [5.41, 5.74) is 4.34. The molecule has 0 aromatic carbocycles. The van der Waals surface area contributed by atoms with E-state index in [0.717, 1.165) is 0 Å². The molecule has 0 rings (SSSR count). The van der Waals surface area contributed by atoms with E-state index < -0.39 is 30.6 Å². The molecule has 0 fully saturated rings. The molecule has 0 heterocycles. The molecule has 0 saturated heterocycles. The van der Waals surface area contributed by atoms with Crippen molar-refractivity contribution in [2.75, 3.05) is 13.2 Å².